The Morgan fingerprint density at radius 3 is 2.41 bits per heavy atom. The zero-order valence-electron chi connectivity index (χ0n) is 9.04. The average molecular weight is 466 g/mol. The van der Waals surface area contributed by atoms with Crippen molar-refractivity contribution in [1.29, 1.82) is 0 Å². The van der Waals surface area contributed by atoms with Crippen molar-refractivity contribution in [2.45, 2.75) is 11.2 Å². The van der Waals surface area contributed by atoms with Crippen molar-refractivity contribution < 1.29 is 0 Å². The van der Waals surface area contributed by atoms with Crippen molar-refractivity contribution in [2.24, 2.45) is 0 Å². The van der Waals surface area contributed by atoms with Crippen LogP contribution >= 0.6 is 54.5 Å². The molecule has 0 aliphatic carbocycles. The third-order valence-corrected chi connectivity index (χ3v) is 4.60. The van der Waals surface area contributed by atoms with E-state index >= 15 is 0 Å². The molecule has 3 heteroatoms. The second-order valence-electron chi connectivity index (χ2n) is 3.85. The van der Waals surface area contributed by atoms with Crippen LogP contribution < -0.4 is 0 Å². The van der Waals surface area contributed by atoms with Crippen LogP contribution in [0.3, 0.4) is 0 Å². The summed E-state index contributed by atoms with van der Waals surface area (Å²) < 4.78 is 2.41. The van der Waals surface area contributed by atoms with Crippen LogP contribution in [0.25, 0.3) is 0 Å². The molecule has 0 heterocycles. The lowest BCUT2D eigenvalue weighted by molar-refractivity contribution is 0.947. The maximum Gasteiger partial charge on any atom is 0.0435 e. The summed E-state index contributed by atoms with van der Waals surface area (Å²) in [5, 5.41) is 0. The highest BCUT2D eigenvalue weighted by molar-refractivity contribution is 14.1. The summed E-state index contributed by atoms with van der Waals surface area (Å²) in [5.74, 6) is 0. The van der Waals surface area contributed by atoms with Gasteiger partial charge in [-0.05, 0) is 64.4 Å². The Balaban J connectivity index is 2.11. The number of halogens is 3. The smallest absolute Gasteiger partial charge is 0.0435 e. The van der Waals surface area contributed by atoms with E-state index in [2.05, 4.69) is 103 Å². The lowest BCUT2D eigenvalue weighted by atomic mass is 10.0. The molecular weight excluding hydrogens is 455 g/mol. The first-order valence-electron chi connectivity index (χ1n) is 5.29. The Morgan fingerprint density at radius 1 is 1.06 bits per heavy atom. The van der Waals surface area contributed by atoms with Gasteiger partial charge in [-0.15, -0.1) is 0 Å². The van der Waals surface area contributed by atoms with Gasteiger partial charge >= 0.3 is 0 Å². The number of benzene rings is 2. The standard InChI is InChI=1S/C14H11Br2I/c15-12-3-1-2-10(8-12)9-14(16)11-4-6-13(17)7-5-11/h1-8,14H,9H2. The van der Waals surface area contributed by atoms with Crippen molar-refractivity contribution in [2.75, 3.05) is 0 Å². The lowest BCUT2D eigenvalue weighted by Gasteiger charge is -2.10. The summed E-state index contributed by atoms with van der Waals surface area (Å²) in [7, 11) is 0. The first-order chi connectivity index (χ1) is 8.15. The fraction of sp³-hybridized carbons (Fsp3) is 0.143. The van der Waals surface area contributed by atoms with E-state index in [1.54, 1.807) is 0 Å². The summed E-state index contributed by atoms with van der Waals surface area (Å²) in [4.78, 5) is 0.369. The number of hydrogen-bond donors (Lipinski definition) is 0. The molecule has 0 saturated carbocycles. The van der Waals surface area contributed by atoms with Gasteiger partial charge in [0.1, 0.15) is 0 Å². The van der Waals surface area contributed by atoms with Gasteiger partial charge in [0.2, 0.25) is 0 Å². The Bertz CT molecular complexity index is 494. The Hall–Kier alpha value is 0.130. The van der Waals surface area contributed by atoms with Crippen molar-refractivity contribution >= 4 is 54.5 Å². The van der Waals surface area contributed by atoms with Gasteiger partial charge in [0.15, 0.2) is 0 Å². The molecule has 1 unspecified atom stereocenters. The molecular formula is C14H11Br2I. The summed E-state index contributed by atoms with van der Waals surface area (Å²) in [5.41, 5.74) is 2.66. The van der Waals surface area contributed by atoms with E-state index in [-0.39, 0.29) is 0 Å². The normalized spacial score (nSPS) is 12.4. The zero-order valence-corrected chi connectivity index (χ0v) is 14.4. The van der Waals surface area contributed by atoms with Crippen LogP contribution in [0.1, 0.15) is 16.0 Å². The highest BCUT2D eigenvalue weighted by Gasteiger charge is 2.08. The van der Waals surface area contributed by atoms with E-state index < -0.39 is 0 Å². The highest BCUT2D eigenvalue weighted by atomic mass is 127. The monoisotopic (exact) mass is 464 g/mol. The predicted molar refractivity (Wildman–Crippen MR) is 88.7 cm³/mol. The van der Waals surface area contributed by atoms with Crippen LogP contribution in [-0.2, 0) is 6.42 Å². The maximum absolute atomic E-state index is 3.75. The molecule has 1 atom stereocenters. The lowest BCUT2D eigenvalue weighted by Crippen LogP contribution is -1.95. The summed E-state index contributed by atoms with van der Waals surface area (Å²) in [6.45, 7) is 0. The SMILES string of the molecule is Brc1cccc(CC(Br)c2ccc(I)cc2)c1. The van der Waals surface area contributed by atoms with Gasteiger partial charge in [0.25, 0.3) is 0 Å². The van der Waals surface area contributed by atoms with Gasteiger partial charge in [-0.1, -0.05) is 56.1 Å². The summed E-state index contributed by atoms with van der Waals surface area (Å²) >= 11 is 9.58. The third-order valence-electron chi connectivity index (χ3n) is 2.54. The second kappa shape index (κ2) is 6.34. The van der Waals surface area contributed by atoms with Crippen molar-refractivity contribution in [3.8, 4) is 0 Å². The van der Waals surface area contributed by atoms with Gasteiger partial charge in [0, 0.05) is 12.9 Å². The van der Waals surface area contributed by atoms with E-state index in [1.807, 2.05) is 0 Å². The van der Waals surface area contributed by atoms with E-state index in [0.29, 0.717) is 4.83 Å². The maximum atomic E-state index is 3.75. The van der Waals surface area contributed by atoms with Gasteiger partial charge in [0.05, 0.1) is 0 Å². The number of hydrogen-bond acceptors (Lipinski definition) is 0. The van der Waals surface area contributed by atoms with Crippen molar-refractivity contribution in [1.82, 2.24) is 0 Å². The minimum Gasteiger partial charge on any atom is -0.0835 e. The number of alkyl halides is 1. The molecule has 0 aliphatic rings. The molecule has 0 radical (unpaired) electrons. The quantitative estimate of drug-likeness (QED) is 0.401. The minimum absolute atomic E-state index is 0.369. The topological polar surface area (TPSA) is 0 Å². The Morgan fingerprint density at radius 2 is 1.76 bits per heavy atom. The van der Waals surface area contributed by atoms with Gasteiger partial charge in [-0.2, -0.15) is 0 Å². The molecule has 0 saturated heterocycles. The molecule has 17 heavy (non-hydrogen) atoms. The largest absolute Gasteiger partial charge is 0.0835 e. The van der Waals surface area contributed by atoms with Crippen molar-refractivity contribution in [3.05, 3.63) is 67.7 Å². The van der Waals surface area contributed by atoms with E-state index in [4.69, 9.17) is 0 Å². The Labute approximate surface area is 132 Å². The highest BCUT2D eigenvalue weighted by Crippen LogP contribution is 2.28. The fourth-order valence-electron chi connectivity index (χ4n) is 1.66. The molecule has 0 spiro atoms. The van der Waals surface area contributed by atoms with Crippen molar-refractivity contribution in [3.63, 3.8) is 0 Å². The van der Waals surface area contributed by atoms with Crippen LogP contribution in [-0.4, -0.2) is 0 Å². The van der Waals surface area contributed by atoms with Crippen LogP contribution in [0, 0.1) is 3.57 Å². The fourth-order valence-corrected chi connectivity index (χ4v) is 3.15. The minimum atomic E-state index is 0.369. The first kappa shape index (κ1) is 13.6. The Kier molecular flexibility index (Phi) is 5.06. The number of rotatable bonds is 3. The molecule has 2 aromatic rings. The second-order valence-corrected chi connectivity index (χ2v) is 7.12. The molecule has 0 aliphatic heterocycles. The third kappa shape index (κ3) is 4.07. The molecule has 0 amide bonds. The molecule has 0 bridgehead atoms. The van der Waals surface area contributed by atoms with E-state index in [1.165, 1.54) is 14.7 Å². The van der Waals surface area contributed by atoms with Crippen LogP contribution in [0.15, 0.2) is 53.0 Å². The van der Waals surface area contributed by atoms with Crippen LogP contribution in [0.5, 0.6) is 0 Å². The van der Waals surface area contributed by atoms with Crippen LogP contribution in [0.4, 0.5) is 0 Å². The van der Waals surface area contributed by atoms with Gasteiger partial charge in [-0.3, -0.25) is 0 Å². The first-order valence-corrected chi connectivity index (χ1v) is 8.08. The molecule has 2 aromatic carbocycles. The molecule has 0 nitrogen and oxygen atoms in total. The molecule has 88 valence electrons. The molecule has 2 rings (SSSR count). The predicted octanol–water partition coefficient (Wildman–Crippen LogP) is 5.73. The zero-order chi connectivity index (χ0) is 12.3. The van der Waals surface area contributed by atoms with Crippen LogP contribution in [0.2, 0.25) is 0 Å². The average Bonchev–Trinajstić information content (AvgIpc) is 2.29. The molecule has 0 N–H and O–H groups in total. The van der Waals surface area contributed by atoms with Gasteiger partial charge < -0.3 is 0 Å². The summed E-state index contributed by atoms with van der Waals surface area (Å²) in [6, 6.07) is 17.1. The van der Waals surface area contributed by atoms with Gasteiger partial charge in [-0.25, -0.2) is 0 Å². The molecule has 0 aromatic heterocycles. The van der Waals surface area contributed by atoms with E-state index in [0.717, 1.165) is 10.9 Å². The molecule has 0 fully saturated rings. The summed E-state index contributed by atoms with van der Waals surface area (Å²) in [6.07, 6.45) is 1.00. The van der Waals surface area contributed by atoms with E-state index in [9.17, 15) is 0 Å².